The van der Waals surface area contributed by atoms with Crippen LogP contribution in [0, 0.1) is 17.3 Å². The molecule has 0 aliphatic heterocycles. The smallest absolute Gasteiger partial charge is 0.244 e. The number of sulfonamides is 1. The highest BCUT2D eigenvalue weighted by Gasteiger charge is 2.25. The Balaban J connectivity index is 3.10. The van der Waals surface area contributed by atoms with Crippen LogP contribution >= 0.6 is 0 Å². The first-order valence-electron chi connectivity index (χ1n) is 6.18. The van der Waals surface area contributed by atoms with Crippen molar-refractivity contribution in [1.82, 2.24) is 9.29 Å². The van der Waals surface area contributed by atoms with Gasteiger partial charge in [0, 0.05) is 31.5 Å². The van der Waals surface area contributed by atoms with Crippen molar-refractivity contribution < 1.29 is 13.5 Å². The average Bonchev–Trinajstić information content (AvgIpc) is 2.34. The molecule has 0 saturated heterocycles. The van der Waals surface area contributed by atoms with Crippen molar-refractivity contribution in [3.8, 4) is 11.8 Å². The van der Waals surface area contributed by atoms with Gasteiger partial charge in [0.1, 0.15) is 11.5 Å². The lowest BCUT2D eigenvalue weighted by Crippen LogP contribution is -2.34. The van der Waals surface area contributed by atoms with Gasteiger partial charge in [0.2, 0.25) is 10.0 Å². The van der Waals surface area contributed by atoms with E-state index in [4.69, 9.17) is 5.11 Å². The van der Waals surface area contributed by atoms with Crippen LogP contribution in [-0.2, 0) is 10.0 Å². The van der Waals surface area contributed by atoms with Crippen molar-refractivity contribution in [3.05, 3.63) is 24.0 Å². The maximum Gasteiger partial charge on any atom is 0.244 e. The van der Waals surface area contributed by atoms with Crippen molar-refractivity contribution >= 4 is 10.0 Å². The summed E-state index contributed by atoms with van der Waals surface area (Å²) in [6, 6.07) is 1.46. The van der Waals surface area contributed by atoms with E-state index in [-0.39, 0.29) is 16.9 Å². The molecule has 20 heavy (non-hydrogen) atoms. The SMILES string of the molecule is CN(CC(C)(C)C)S(=O)(=O)c1cncc(C#CCO)c1. The van der Waals surface area contributed by atoms with Crippen molar-refractivity contribution in [2.75, 3.05) is 20.2 Å². The largest absolute Gasteiger partial charge is 0.384 e. The van der Waals surface area contributed by atoms with E-state index in [1.165, 1.54) is 22.8 Å². The normalized spacial score (nSPS) is 12.1. The lowest BCUT2D eigenvalue weighted by atomic mass is 9.97. The quantitative estimate of drug-likeness (QED) is 0.848. The molecule has 1 rings (SSSR count). The predicted molar refractivity (Wildman–Crippen MR) is 77.5 cm³/mol. The van der Waals surface area contributed by atoms with E-state index in [1.54, 1.807) is 7.05 Å². The standard InChI is InChI=1S/C14H20N2O3S/c1-14(2,3)11-16(4)20(18,19)13-8-12(6-5-7-17)9-15-10-13/h8-10,17H,7,11H2,1-4H3. The third-order valence-corrected chi connectivity index (χ3v) is 4.20. The van der Waals surface area contributed by atoms with Crippen LogP contribution in [0.4, 0.5) is 0 Å². The molecule has 0 aromatic carbocycles. The van der Waals surface area contributed by atoms with E-state index in [0.717, 1.165) is 0 Å². The van der Waals surface area contributed by atoms with E-state index < -0.39 is 10.0 Å². The fourth-order valence-electron chi connectivity index (χ4n) is 1.70. The summed E-state index contributed by atoms with van der Waals surface area (Å²) in [5, 5.41) is 8.65. The summed E-state index contributed by atoms with van der Waals surface area (Å²) in [4.78, 5) is 4.00. The third-order valence-electron chi connectivity index (χ3n) is 2.43. The molecule has 0 saturated carbocycles. The monoisotopic (exact) mass is 296 g/mol. The molecule has 0 amide bonds. The molecular formula is C14H20N2O3S. The molecule has 0 atom stereocenters. The van der Waals surface area contributed by atoms with Crippen LogP contribution in [0.15, 0.2) is 23.4 Å². The first-order chi connectivity index (χ1) is 9.16. The second kappa shape index (κ2) is 6.35. The summed E-state index contributed by atoms with van der Waals surface area (Å²) in [7, 11) is -2.03. The maximum absolute atomic E-state index is 12.4. The van der Waals surface area contributed by atoms with Crippen molar-refractivity contribution in [3.63, 3.8) is 0 Å². The van der Waals surface area contributed by atoms with Gasteiger partial charge in [0.25, 0.3) is 0 Å². The van der Waals surface area contributed by atoms with E-state index in [9.17, 15) is 8.42 Å². The number of aliphatic hydroxyl groups excluding tert-OH is 1. The predicted octanol–water partition coefficient (Wildman–Crippen LogP) is 1.09. The van der Waals surface area contributed by atoms with Crippen LogP contribution in [-0.4, -0.2) is 43.0 Å². The second-order valence-corrected chi connectivity index (χ2v) is 7.74. The summed E-state index contributed by atoms with van der Waals surface area (Å²) < 4.78 is 26.2. The minimum absolute atomic E-state index is 0.106. The molecule has 1 N–H and O–H groups in total. The molecule has 5 nitrogen and oxygen atoms in total. The third kappa shape index (κ3) is 4.60. The molecule has 1 aromatic heterocycles. The van der Waals surface area contributed by atoms with E-state index >= 15 is 0 Å². The Morgan fingerprint density at radius 2 is 2.00 bits per heavy atom. The Kier molecular flexibility index (Phi) is 5.28. The van der Waals surface area contributed by atoms with Gasteiger partial charge in [-0.2, -0.15) is 0 Å². The zero-order chi connectivity index (χ0) is 15.4. The molecule has 0 unspecified atom stereocenters. The second-order valence-electron chi connectivity index (χ2n) is 5.69. The average molecular weight is 296 g/mol. The van der Waals surface area contributed by atoms with Gasteiger partial charge in [-0.15, -0.1) is 0 Å². The highest BCUT2D eigenvalue weighted by Crippen LogP contribution is 2.20. The van der Waals surface area contributed by atoms with Crippen LogP contribution < -0.4 is 0 Å². The number of hydrogen-bond acceptors (Lipinski definition) is 4. The summed E-state index contributed by atoms with van der Waals surface area (Å²) in [6.07, 6.45) is 2.77. The van der Waals surface area contributed by atoms with Gasteiger partial charge in [-0.25, -0.2) is 12.7 Å². The molecule has 0 radical (unpaired) electrons. The molecule has 0 spiro atoms. The Bertz CT molecular complexity index is 622. The molecule has 0 aliphatic carbocycles. The number of hydrogen-bond donors (Lipinski definition) is 1. The molecule has 0 aliphatic rings. The first-order valence-corrected chi connectivity index (χ1v) is 7.62. The molecule has 0 bridgehead atoms. The lowest BCUT2D eigenvalue weighted by Gasteiger charge is -2.25. The fourth-order valence-corrected chi connectivity index (χ4v) is 3.09. The molecular weight excluding hydrogens is 276 g/mol. The minimum Gasteiger partial charge on any atom is -0.384 e. The van der Waals surface area contributed by atoms with Crippen molar-refractivity contribution in [2.24, 2.45) is 5.41 Å². The molecule has 0 fully saturated rings. The molecule has 1 heterocycles. The molecule has 6 heteroatoms. The Labute approximate surface area is 120 Å². The molecule has 1 aromatic rings. The topological polar surface area (TPSA) is 70.5 Å². The van der Waals surface area contributed by atoms with Crippen LogP contribution in [0.3, 0.4) is 0 Å². The fraction of sp³-hybridized carbons (Fsp3) is 0.500. The van der Waals surface area contributed by atoms with Crippen molar-refractivity contribution in [2.45, 2.75) is 25.7 Å². The maximum atomic E-state index is 12.4. The number of aromatic nitrogens is 1. The minimum atomic E-state index is -3.58. The first kappa shape index (κ1) is 16.6. The highest BCUT2D eigenvalue weighted by molar-refractivity contribution is 7.89. The summed E-state index contributed by atoms with van der Waals surface area (Å²) in [5.74, 6) is 5.12. The van der Waals surface area contributed by atoms with Crippen LogP contribution in [0.5, 0.6) is 0 Å². The van der Waals surface area contributed by atoms with Gasteiger partial charge in [0.05, 0.1) is 0 Å². The van der Waals surface area contributed by atoms with Crippen LogP contribution in [0.1, 0.15) is 26.3 Å². The van der Waals surface area contributed by atoms with Gasteiger partial charge in [-0.1, -0.05) is 32.6 Å². The lowest BCUT2D eigenvalue weighted by molar-refractivity contribution is 0.310. The van der Waals surface area contributed by atoms with Crippen LogP contribution in [0.2, 0.25) is 0 Å². The highest BCUT2D eigenvalue weighted by atomic mass is 32.2. The van der Waals surface area contributed by atoms with E-state index in [2.05, 4.69) is 16.8 Å². The van der Waals surface area contributed by atoms with Gasteiger partial charge in [-0.3, -0.25) is 4.98 Å². The number of nitrogens with zero attached hydrogens (tertiary/aromatic N) is 2. The van der Waals surface area contributed by atoms with Gasteiger partial charge >= 0.3 is 0 Å². The van der Waals surface area contributed by atoms with E-state index in [0.29, 0.717) is 12.1 Å². The summed E-state index contributed by atoms with van der Waals surface area (Å²) >= 11 is 0. The van der Waals surface area contributed by atoms with Gasteiger partial charge in [0.15, 0.2) is 0 Å². The van der Waals surface area contributed by atoms with Crippen molar-refractivity contribution in [1.29, 1.82) is 0 Å². The van der Waals surface area contributed by atoms with Crippen LogP contribution in [0.25, 0.3) is 0 Å². The van der Waals surface area contributed by atoms with E-state index in [1.807, 2.05) is 20.8 Å². The summed E-state index contributed by atoms with van der Waals surface area (Å²) in [6.45, 7) is 6.05. The Hall–Kier alpha value is -1.42. The zero-order valence-electron chi connectivity index (χ0n) is 12.2. The Morgan fingerprint density at radius 3 is 2.55 bits per heavy atom. The number of pyridine rings is 1. The van der Waals surface area contributed by atoms with Gasteiger partial charge < -0.3 is 5.11 Å². The molecule has 110 valence electrons. The Morgan fingerprint density at radius 1 is 1.35 bits per heavy atom. The summed E-state index contributed by atoms with van der Waals surface area (Å²) in [5.41, 5.74) is 0.327. The van der Waals surface area contributed by atoms with Gasteiger partial charge in [-0.05, 0) is 11.5 Å². The zero-order valence-corrected chi connectivity index (χ0v) is 13.0. The number of aliphatic hydroxyl groups is 1. The number of rotatable bonds is 3.